The second-order valence-electron chi connectivity index (χ2n) is 11.8. The molecule has 1 saturated carbocycles. The van der Waals surface area contributed by atoms with Gasteiger partial charge in [0.15, 0.2) is 0 Å². The van der Waals surface area contributed by atoms with Crippen molar-refractivity contribution in [1.82, 2.24) is 20.6 Å². The maximum Gasteiger partial charge on any atom is 0.251 e. The Morgan fingerprint density at radius 1 is 1.04 bits per heavy atom. The number of carbonyl (C=O) groups excluding carboxylic acids is 1. The van der Waals surface area contributed by atoms with E-state index in [4.69, 9.17) is 26.1 Å². The Morgan fingerprint density at radius 2 is 1.78 bits per heavy atom. The summed E-state index contributed by atoms with van der Waals surface area (Å²) in [5.74, 6) is 0.854. The van der Waals surface area contributed by atoms with Crippen molar-refractivity contribution < 1.29 is 18.7 Å². The minimum Gasteiger partial charge on any atom is -0.381 e. The molecule has 46 heavy (non-hydrogen) atoms. The molecule has 12 heteroatoms. The van der Waals surface area contributed by atoms with Crippen molar-refractivity contribution in [2.45, 2.75) is 50.6 Å². The molecule has 0 bridgehead atoms. The smallest absolute Gasteiger partial charge is 0.251 e. The highest BCUT2D eigenvalue weighted by Gasteiger charge is 2.32. The number of nitrogens with zero attached hydrogens (tertiary/aromatic N) is 3. The fourth-order valence-corrected chi connectivity index (χ4v) is 5.98. The third kappa shape index (κ3) is 9.59. The summed E-state index contributed by atoms with van der Waals surface area (Å²) in [6, 6.07) is 16.4. The molecule has 244 valence electrons. The lowest BCUT2D eigenvalue weighted by atomic mass is 9.82. The molecular formula is C34H41ClFN7O3. The van der Waals surface area contributed by atoms with Crippen LogP contribution in [-0.4, -0.2) is 74.0 Å². The van der Waals surface area contributed by atoms with E-state index in [1.807, 2.05) is 24.3 Å². The van der Waals surface area contributed by atoms with Crippen molar-refractivity contribution in [3.05, 3.63) is 71.1 Å². The molecule has 3 heterocycles. The van der Waals surface area contributed by atoms with Crippen LogP contribution in [0.4, 0.5) is 16.0 Å². The molecule has 3 aromatic rings. The monoisotopic (exact) mass is 649 g/mol. The molecule has 1 amide bonds. The number of ether oxygens (including phenoxy) is 2. The van der Waals surface area contributed by atoms with Crippen LogP contribution >= 0.6 is 11.6 Å². The zero-order valence-electron chi connectivity index (χ0n) is 25.9. The number of hydrogen-bond donors (Lipinski definition) is 4. The molecule has 2 fully saturated rings. The SMILES string of the molecule is N#CC1(CNc2cccc(-c3cc(N[C@H]4CC[C@H](NCCOCCNC(=O)c5ccc(F)cc5)CC4)ncc3Cl)n2)CCOCC1. The van der Waals surface area contributed by atoms with Gasteiger partial charge in [0.25, 0.3) is 5.91 Å². The normalized spacial score (nSPS) is 19.2. The number of rotatable bonds is 14. The lowest BCUT2D eigenvalue weighted by Crippen LogP contribution is -2.38. The molecule has 4 N–H and O–H groups in total. The van der Waals surface area contributed by atoms with Crippen molar-refractivity contribution in [2.24, 2.45) is 5.41 Å². The molecular weight excluding hydrogens is 609 g/mol. The van der Waals surface area contributed by atoms with Gasteiger partial charge in [-0.05, 0) is 81.0 Å². The number of benzene rings is 1. The number of amides is 1. The van der Waals surface area contributed by atoms with Crippen LogP contribution < -0.4 is 21.3 Å². The molecule has 1 aliphatic carbocycles. The molecule has 1 aliphatic heterocycles. The topological polar surface area (TPSA) is 133 Å². The molecule has 0 atom stereocenters. The van der Waals surface area contributed by atoms with E-state index in [0.717, 1.165) is 49.3 Å². The van der Waals surface area contributed by atoms with E-state index >= 15 is 0 Å². The predicted molar refractivity (Wildman–Crippen MR) is 176 cm³/mol. The van der Waals surface area contributed by atoms with Crippen molar-refractivity contribution in [1.29, 1.82) is 5.26 Å². The molecule has 1 aromatic carbocycles. The van der Waals surface area contributed by atoms with Gasteiger partial charge in [-0.1, -0.05) is 17.7 Å². The summed E-state index contributed by atoms with van der Waals surface area (Å²) in [4.78, 5) is 21.4. The third-order valence-electron chi connectivity index (χ3n) is 8.57. The number of nitrogens with one attached hydrogen (secondary N) is 4. The summed E-state index contributed by atoms with van der Waals surface area (Å²) in [5.41, 5.74) is 1.52. The van der Waals surface area contributed by atoms with Crippen LogP contribution in [-0.2, 0) is 9.47 Å². The fourth-order valence-electron chi connectivity index (χ4n) is 5.78. The van der Waals surface area contributed by atoms with Gasteiger partial charge in [-0.3, -0.25) is 4.79 Å². The highest BCUT2D eigenvalue weighted by Crippen LogP contribution is 2.32. The number of pyridine rings is 2. The van der Waals surface area contributed by atoms with Gasteiger partial charge < -0.3 is 30.7 Å². The third-order valence-corrected chi connectivity index (χ3v) is 8.87. The Bertz CT molecular complexity index is 1470. The molecule has 5 rings (SSSR count). The average Bonchev–Trinajstić information content (AvgIpc) is 3.09. The maximum atomic E-state index is 13.0. The van der Waals surface area contributed by atoms with Crippen LogP contribution in [0, 0.1) is 22.6 Å². The predicted octanol–water partition coefficient (Wildman–Crippen LogP) is 5.43. The van der Waals surface area contributed by atoms with Crippen LogP contribution in [0.5, 0.6) is 0 Å². The van der Waals surface area contributed by atoms with Crippen LogP contribution in [0.1, 0.15) is 48.9 Å². The average molecular weight is 650 g/mol. The first kappa shape index (κ1) is 33.5. The van der Waals surface area contributed by atoms with E-state index in [2.05, 4.69) is 32.3 Å². The fraction of sp³-hybridized carbons (Fsp3) is 0.471. The highest BCUT2D eigenvalue weighted by molar-refractivity contribution is 6.33. The molecule has 0 unspecified atom stereocenters. The Kier molecular flexibility index (Phi) is 12.1. The molecule has 2 aliphatic rings. The lowest BCUT2D eigenvalue weighted by Gasteiger charge is -2.30. The Morgan fingerprint density at radius 3 is 2.54 bits per heavy atom. The Balaban J connectivity index is 1.01. The first-order valence-electron chi connectivity index (χ1n) is 15.9. The first-order valence-corrected chi connectivity index (χ1v) is 16.3. The van der Waals surface area contributed by atoms with Gasteiger partial charge in [0.2, 0.25) is 0 Å². The van der Waals surface area contributed by atoms with Gasteiger partial charge in [-0.25, -0.2) is 14.4 Å². The molecule has 2 aromatic heterocycles. The van der Waals surface area contributed by atoms with Crippen LogP contribution in [0.3, 0.4) is 0 Å². The quantitative estimate of drug-likeness (QED) is 0.169. The second kappa shape index (κ2) is 16.7. The molecule has 1 saturated heterocycles. The highest BCUT2D eigenvalue weighted by atomic mass is 35.5. The van der Waals surface area contributed by atoms with E-state index < -0.39 is 5.41 Å². The number of halogens is 2. The zero-order valence-corrected chi connectivity index (χ0v) is 26.6. The zero-order chi connectivity index (χ0) is 32.2. The number of carbonyl (C=O) groups is 1. The summed E-state index contributed by atoms with van der Waals surface area (Å²) in [5, 5.41) is 23.6. The van der Waals surface area contributed by atoms with Crippen LogP contribution in [0.15, 0.2) is 54.7 Å². The van der Waals surface area contributed by atoms with E-state index in [9.17, 15) is 14.4 Å². The van der Waals surface area contributed by atoms with Gasteiger partial charge in [0.05, 0.1) is 35.4 Å². The van der Waals surface area contributed by atoms with Crippen molar-refractivity contribution >= 4 is 29.1 Å². The number of hydrogen-bond acceptors (Lipinski definition) is 9. The number of nitriles is 1. The summed E-state index contributed by atoms with van der Waals surface area (Å²) >= 11 is 6.56. The molecule has 0 spiro atoms. The molecule has 0 radical (unpaired) electrons. The van der Waals surface area contributed by atoms with Crippen molar-refractivity contribution in [2.75, 3.05) is 56.7 Å². The van der Waals surface area contributed by atoms with E-state index in [0.29, 0.717) is 80.8 Å². The van der Waals surface area contributed by atoms with E-state index in [1.165, 1.54) is 24.3 Å². The minimum atomic E-state index is -0.446. The summed E-state index contributed by atoms with van der Waals surface area (Å²) < 4.78 is 24.1. The Hall–Kier alpha value is -3.82. The largest absolute Gasteiger partial charge is 0.381 e. The summed E-state index contributed by atoms with van der Waals surface area (Å²) in [6.07, 6.45) is 7.17. The number of aromatic nitrogens is 2. The summed E-state index contributed by atoms with van der Waals surface area (Å²) in [6.45, 7) is 3.82. The van der Waals surface area contributed by atoms with Crippen LogP contribution in [0.25, 0.3) is 11.3 Å². The number of anilines is 2. The Labute approximate surface area is 274 Å². The van der Waals surface area contributed by atoms with Gasteiger partial charge in [-0.2, -0.15) is 5.26 Å². The van der Waals surface area contributed by atoms with Gasteiger partial charge in [-0.15, -0.1) is 0 Å². The summed E-state index contributed by atoms with van der Waals surface area (Å²) in [7, 11) is 0. The standard InChI is InChI=1S/C34H41ClFN7O3/c35-29-21-40-32(20-28(29)30-2-1-3-31(43-30)41-23-34(22-37)12-16-45-17-13-34)42-27-10-8-26(9-11-27)38-14-18-46-19-15-39-33(44)24-4-6-25(36)7-5-24/h1-7,20-21,26-27,38H,8-19,23H2,(H,39,44)(H,40,42)(H,41,43)/t26-,27-. The van der Waals surface area contributed by atoms with E-state index in [-0.39, 0.29) is 11.7 Å². The van der Waals surface area contributed by atoms with Crippen molar-refractivity contribution in [3.63, 3.8) is 0 Å². The van der Waals surface area contributed by atoms with E-state index in [1.54, 1.807) is 6.20 Å². The van der Waals surface area contributed by atoms with Gasteiger partial charge in [0.1, 0.15) is 17.5 Å². The second-order valence-corrected chi connectivity index (χ2v) is 12.2. The molecule has 10 nitrogen and oxygen atoms in total. The van der Waals surface area contributed by atoms with Crippen molar-refractivity contribution in [3.8, 4) is 17.3 Å². The van der Waals surface area contributed by atoms with Gasteiger partial charge >= 0.3 is 0 Å². The lowest BCUT2D eigenvalue weighted by molar-refractivity contribution is 0.0455. The minimum absolute atomic E-state index is 0.243. The van der Waals surface area contributed by atoms with Gasteiger partial charge in [0, 0.05) is 62.3 Å². The first-order chi connectivity index (χ1) is 22.4. The maximum absolute atomic E-state index is 13.0. The van der Waals surface area contributed by atoms with Crippen LogP contribution in [0.2, 0.25) is 5.02 Å².